The second-order valence-electron chi connectivity index (χ2n) is 10.5. The number of hydrogen-bond acceptors (Lipinski definition) is 4. The fourth-order valence-electron chi connectivity index (χ4n) is 5.62. The zero-order valence-electron chi connectivity index (χ0n) is 20.4. The van der Waals surface area contributed by atoms with Gasteiger partial charge in [-0.1, -0.05) is 36.4 Å². The van der Waals surface area contributed by atoms with Crippen LogP contribution < -0.4 is 0 Å². The summed E-state index contributed by atoms with van der Waals surface area (Å²) in [5, 5.41) is 10.6. The van der Waals surface area contributed by atoms with Crippen LogP contribution in [0.15, 0.2) is 59.5 Å². The van der Waals surface area contributed by atoms with Gasteiger partial charge in [0.2, 0.25) is 0 Å². The summed E-state index contributed by atoms with van der Waals surface area (Å²) in [6.07, 6.45) is 6.44. The van der Waals surface area contributed by atoms with Crippen LogP contribution in [0.25, 0.3) is 11.1 Å². The Labute approximate surface area is 207 Å². The van der Waals surface area contributed by atoms with Gasteiger partial charge in [-0.05, 0) is 115 Å². The highest BCUT2D eigenvalue weighted by Gasteiger charge is 2.28. The smallest absolute Gasteiger partial charge is 0.185 e. The van der Waals surface area contributed by atoms with Crippen LogP contribution in [-0.2, 0) is 52.3 Å². The van der Waals surface area contributed by atoms with Gasteiger partial charge in [-0.15, -0.1) is 0 Å². The molecule has 0 fully saturated rings. The van der Waals surface area contributed by atoms with Crippen LogP contribution in [-0.4, -0.2) is 25.1 Å². The fourth-order valence-corrected chi connectivity index (χ4v) is 6.93. The van der Waals surface area contributed by atoms with Crippen molar-refractivity contribution < 1.29 is 18.3 Å². The molecule has 5 rings (SSSR count). The lowest BCUT2D eigenvalue weighted by molar-refractivity contribution is -0.116. The SMILES string of the molecule is CC(C)(O)c1cc(-c2ccccc2)cc(S(=O)(=O)CC(=O)Cc2c3c(cc4c2CCC4)CCC3)c1. The van der Waals surface area contributed by atoms with Crippen molar-refractivity contribution in [1.29, 1.82) is 0 Å². The van der Waals surface area contributed by atoms with Crippen LogP contribution in [0.4, 0.5) is 0 Å². The summed E-state index contributed by atoms with van der Waals surface area (Å²) >= 11 is 0. The third-order valence-electron chi connectivity index (χ3n) is 7.40. The Bertz CT molecular complexity index is 1360. The molecule has 0 aromatic heterocycles. The highest BCUT2D eigenvalue weighted by atomic mass is 32.2. The minimum Gasteiger partial charge on any atom is -0.386 e. The van der Waals surface area contributed by atoms with Crippen LogP contribution in [0.2, 0.25) is 0 Å². The number of carbonyl (C=O) groups is 1. The summed E-state index contributed by atoms with van der Waals surface area (Å²) in [7, 11) is -3.88. The quantitative estimate of drug-likeness (QED) is 0.500. The Hall–Kier alpha value is -2.76. The predicted octanol–water partition coefficient (Wildman–Crippen LogP) is 5.14. The molecule has 0 saturated carbocycles. The largest absolute Gasteiger partial charge is 0.386 e. The number of fused-ring (bicyclic) bond motifs is 2. The van der Waals surface area contributed by atoms with Crippen LogP contribution in [0.5, 0.6) is 0 Å². The van der Waals surface area contributed by atoms with Gasteiger partial charge >= 0.3 is 0 Å². The van der Waals surface area contributed by atoms with Gasteiger partial charge in [0.1, 0.15) is 5.75 Å². The van der Waals surface area contributed by atoms with Crippen molar-refractivity contribution in [3.05, 3.63) is 88.0 Å². The topological polar surface area (TPSA) is 71.4 Å². The lowest BCUT2D eigenvalue weighted by atomic mass is 9.91. The van der Waals surface area contributed by atoms with Gasteiger partial charge in [-0.25, -0.2) is 8.42 Å². The molecule has 2 aliphatic carbocycles. The van der Waals surface area contributed by atoms with E-state index in [0.717, 1.165) is 49.7 Å². The number of hydrogen-bond donors (Lipinski definition) is 1. The number of Topliss-reactive ketones (excluding diaryl/α,β-unsaturated/α-hetero) is 1. The molecule has 182 valence electrons. The molecule has 4 nitrogen and oxygen atoms in total. The third-order valence-corrected chi connectivity index (χ3v) is 9.06. The average molecular weight is 489 g/mol. The Kier molecular flexibility index (Phi) is 6.18. The first-order chi connectivity index (χ1) is 16.6. The molecule has 3 aromatic carbocycles. The van der Waals surface area contributed by atoms with E-state index in [9.17, 15) is 18.3 Å². The summed E-state index contributed by atoms with van der Waals surface area (Å²) in [4.78, 5) is 13.3. The number of ketones is 1. The van der Waals surface area contributed by atoms with Crippen molar-refractivity contribution in [2.75, 3.05) is 5.75 Å². The molecule has 0 spiro atoms. The standard InChI is InChI=1S/C30H32O4S/c1-30(2,32)24-15-23(20-8-4-3-5-9-20)16-26(17-24)35(33,34)19-25(31)18-29-27-12-6-10-21(27)14-22-11-7-13-28(22)29/h3-5,8-9,14-17,32H,6-7,10-13,18-19H2,1-2H3. The van der Waals surface area contributed by atoms with E-state index in [2.05, 4.69) is 6.07 Å². The first-order valence-electron chi connectivity index (χ1n) is 12.4. The van der Waals surface area contributed by atoms with Crippen molar-refractivity contribution in [3.63, 3.8) is 0 Å². The lowest BCUT2D eigenvalue weighted by Crippen LogP contribution is -2.21. The molecular formula is C30H32O4S. The summed E-state index contributed by atoms with van der Waals surface area (Å²) in [5.74, 6) is -0.802. The molecule has 0 aliphatic heterocycles. The van der Waals surface area contributed by atoms with Crippen LogP contribution in [0, 0.1) is 0 Å². The molecule has 5 heteroatoms. The molecule has 0 heterocycles. The maximum atomic E-state index is 13.5. The minimum atomic E-state index is -3.88. The molecule has 0 radical (unpaired) electrons. The number of carbonyl (C=O) groups excluding carboxylic acids is 1. The van der Waals surface area contributed by atoms with E-state index in [-0.39, 0.29) is 17.1 Å². The van der Waals surface area contributed by atoms with Gasteiger partial charge in [-0.3, -0.25) is 4.79 Å². The molecule has 0 amide bonds. The van der Waals surface area contributed by atoms with Crippen molar-refractivity contribution in [2.45, 2.75) is 69.3 Å². The van der Waals surface area contributed by atoms with Crippen LogP contribution >= 0.6 is 0 Å². The lowest BCUT2D eigenvalue weighted by Gasteiger charge is -2.20. The van der Waals surface area contributed by atoms with Gasteiger partial charge < -0.3 is 5.11 Å². The zero-order valence-corrected chi connectivity index (χ0v) is 21.2. The van der Waals surface area contributed by atoms with Crippen molar-refractivity contribution in [1.82, 2.24) is 0 Å². The molecule has 0 bridgehead atoms. The van der Waals surface area contributed by atoms with E-state index >= 15 is 0 Å². The summed E-state index contributed by atoms with van der Waals surface area (Å²) in [6, 6.07) is 16.7. The number of aryl methyl sites for hydroxylation is 2. The maximum absolute atomic E-state index is 13.5. The highest BCUT2D eigenvalue weighted by Crippen LogP contribution is 2.36. The maximum Gasteiger partial charge on any atom is 0.185 e. The number of rotatable bonds is 7. The van der Waals surface area contributed by atoms with E-state index < -0.39 is 21.2 Å². The van der Waals surface area contributed by atoms with E-state index in [4.69, 9.17) is 0 Å². The van der Waals surface area contributed by atoms with Crippen molar-refractivity contribution in [2.24, 2.45) is 0 Å². The van der Waals surface area contributed by atoms with Gasteiger partial charge in [0, 0.05) is 6.42 Å². The molecule has 0 saturated heterocycles. The van der Waals surface area contributed by atoms with E-state index in [1.807, 2.05) is 36.4 Å². The van der Waals surface area contributed by atoms with Crippen LogP contribution in [0.1, 0.15) is 60.1 Å². The molecule has 35 heavy (non-hydrogen) atoms. The van der Waals surface area contributed by atoms with Gasteiger partial charge in [0.25, 0.3) is 0 Å². The molecule has 3 aromatic rings. The average Bonchev–Trinajstić information content (AvgIpc) is 3.48. The minimum absolute atomic E-state index is 0.0767. The van der Waals surface area contributed by atoms with E-state index in [1.165, 1.54) is 28.3 Å². The molecule has 1 N–H and O–H groups in total. The number of sulfone groups is 1. The number of benzene rings is 3. The van der Waals surface area contributed by atoms with Crippen LogP contribution in [0.3, 0.4) is 0 Å². The van der Waals surface area contributed by atoms with Gasteiger partial charge in [0.05, 0.1) is 10.5 Å². The molecule has 0 unspecified atom stereocenters. The summed E-state index contributed by atoms with van der Waals surface area (Å²) in [5.41, 5.74) is 7.21. The monoisotopic (exact) mass is 488 g/mol. The predicted molar refractivity (Wildman–Crippen MR) is 138 cm³/mol. The van der Waals surface area contributed by atoms with Crippen molar-refractivity contribution in [3.8, 4) is 11.1 Å². The molecular weight excluding hydrogens is 456 g/mol. The Morgan fingerprint density at radius 2 is 1.49 bits per heavy atom. The first-order valence-corrected chi connectivity index (χ1v) is 14.1. The summed E-state index contributed by atoms with van der Waals surface area (Å²) < 4.78 is 26.9. The van der Waals surface area contributed by atoms with E-state index in [0.29, 0.717) is 11.1 Å². The third kappa shape index (κ3) is 4.85. The Morgan fingerprint density at radius 3 is 2.09 bits per heavy atom. The normalized spacial score (nSPS) is 15.2. The molecule has 2 aliphatic rings. The fraction of sp³-hybridized carbons (Fsp3) is 0.367. The first kappa shape index (κ1) is 24.0. The summed E-state index contributed by atoms with van der Waals surface area (Å²) in [6.45, 7) is 3.27. The number of aliphatic hydroxyl groups is 1. The van der Waals surface area contributed by atoms with Gasteiger partial charge in [0.15, 0.2) is 15.6 Å². The Balaban J connectivity index is 1.47. The zero-order chi connectivity index (χ0) is 24.8. The highest BCUT2D eigenvalue weighted by molar-refractivity contribution is 7.92. The second-order valence-corrected chi connectivity index (χ2v) is 12.5. The van der Waals surface area contributed by atoms with E-state index in [1.54, 1.807) is 19.9 Å². The molecule has 0 atom stereocenters. The van der Waals surface area contributed by atoms with Crippen molar-refractivity contribution >= 4 is 15.6 Å². The second kappa shape index (κ2) is 9.03. The Morgan fingerprint density at radius 1 is 0.857 bits per heavy atom. The van der Waals surface area contributed by atoms with Gasteiger partial charge in [-0.2, -0.15) is 0 Å².